The highest BCUT2D eigenvalue weighted by Crippen LogP contribution is 2.31. The largest absolute Gasteiger partial charge is 0.433 e. The van der Waals surface area contributed by atoms with E-state index in [0.717, 1.165) is 0 Å². The van der Waals surface area contributed by atoms with Gasteiger partial charge in [-0.15, -0.1) is 0 Å². The molecule has 0 fully saturated rings. The van der Waals surface area contributed by atoms with E-state index < -0.39 is 17.7 Å². The molecule has 2 N–H and O–H groups in total. The summed E-state index contributed by atoms with van der Waals surface area (Å²) in [6, 6.07) is 9.69. The summed E-state index contributed by atoms with van der Waals surface area (Å²) in [5.74, 6) is -1.11. The van der Waals surface area contributed by atoms with E-state index in [2.05, 4.69) is 20.2 Å². The Hall–Kier alpha value is -3.76. The molecule has 3 heterocycles. The molecule has 0 unspecified atom stereocenters. The number of hydrogen-bond acceptors (Lipinski definition) is 6. The number of alkyl halides is 3. The number of nitrogens with zero attached hydrogens (tertiary/aromatic N) is 5. The smallest absolute Gasteiger partial charge is 0.384 e. The zero-order valence-electron chi connectivity index (χ0n) is 14.6. The van der Waals surface area contributed by atoms with Crippen LogP contribution in [-0.2, 0) is 12.7 Å². The third-order valence-electron chi connectivity index (χ3n) is 4.02. The molecule has 0 aliphatic heterocycles. The Labute approximate surface area is 160 Å². The van der Waals surface area contributed by atoms with E-state index in [-0.39, 0.29) is 23.9 Å². The van der Waals surface area contributed by atoms with Crippen molar-refractivity contribution in [3.63, 3.8) is 0 Å². The number of nitrogen functional groups attached to an aromatic ring is 1. The number of hydrogen-bond donors (Lipinski definition) is 1. The van der Waals surface area contributed by atoms with Crippen LogP contribution < -0.4 is 5.73 Å². The average molecular weight is 404 g/mol. The maximum Gasteiger partial charge on any atom is 0.433 e. The standard InChI is InChI=1S/C18H12F4N6O/c19-11-4-2-1-3-10(11)9-28-14(12-5-6-29-27-12)7-13(26-28)17-24-15(18(20,21)22)8-16(23)25-17/h1-8H,9H2,(H2,23,24,25). The summed E-state index contributed by atoms with van der Waals surface area (Å²) in [4.78, 5) is 7.38. The summed E-state index contributed by atoms with van der Waals surface area (Å²) in [7, 11) is 0. The summed E-state index contributed by atoms with van der Waals surface area (Å²) >= 11 is 0. The normalized spacial score (nSPS) is 11.7. The summed E-state index contributed by atoms with van der Waals surface area (Å²) in [5, 5.41) is 8.07. The van der Waals surface area contributed by atoms with Crippen molar-refractivity contribution in [2.75, 3.05) is 5.73 Å². The molecule has 148 valence electrons. The molecule has 0 aliphatic carbocycles. The predicted octanol–water partition coefficient (Wildman–Crippen LogP) is 3.78. The van der Waals surface area contributed by atoms with Crippen LogP contribution in [0.4, 0.5) is 23.4 Å². The van der Waals surface area contributed by atoms with Gasteiger partial charge in [-0.1, -0.05) is 23.4 Å². The van der Waals surface area contributed by atoms with Gasteiger partial charge in [0.1, 0.15) is 29.3 Å². The van der Waals surface area contributed by atoms with Gasteiger partial charge in [-0.2, -0.15) is 18.3 Å². The van der Waals surface area contributed by atoms with Gasteiger partial charge < -0.3 is 10.3 Å². The van der Waals surface area contributed by atoms with Gasteiger partial charge in [0.2, 0.25) is 0 Å². The minimum absolute atomic E-state index is 0.00328. The van der Waals surface area contributed by atoms with Crippen molar-refractivity contribution < 1.29 is 22.1 Å². The van der Waals surface area contributed by atoms with Gasteiger partial charge in [-0.3, -0.25) is 4.68 Å². The van der Waals surface area contributed by atoms with E-state index in [4.69, 9.17) is 10.3 Å². The van der Waals surface area contributed by atoms with Crippen molar-refractivity contribution in [3.8, 4) is 22.9 Å². The first-order valence-corrected chi connectivity index (χ1v) is 8.25. The van der Waals surface area contributed by atoms with Crippen LogP contribution in [-0.4, -0.2) is 24.9 Å². The molecule has 0 bridgehead atoms. The topological polar surface area (TPSA) is 95.7 Å². The molecule has 0 amide bonds. The van der Waals surface area contributed by atoms with Gasteiger partial charge in [0.15, 0.2) is 11.5 Å². The number of benzene rings is 1. The Morgan fingerprint density at radius 2 is 1.83 bits per heavy atom. The summed E-state index contributed by atoms with van der Waals surface area (Å²) in [6.45, 7) is 0.00328. The highest BCUT2D eigenvalue weighted by atomic mass is 19.4. The minimum atomic E-state index is -4.70. The molecule has 29 heavy (non-hydrogen) atoms. The zero-order valence-corrected chi connectivity index (χ0v) is 14.6. The second-order valence-corrected chi connectivity index (χ2v) is 6.05. The number of rotatable bonds is 4. The van der Waals surface area contributed by atoms with Crippen LogP contribution in [0, 0.1) is 5.82 Å². The first-order chi connectivity index (χ1) is 13.8. The van der Waals surface area contributed by atoms with Crippen LogP contribution in [0.2, 0.25) is 0 Å². The lowest BCUT2D eigenvalue weighted by Gasteiger charge is -2.08. The van der Waals surface area contributed by atoms with Crippen molar-refractivity contribution in [2.45, 2.75) is 12.7 Å². The average Bonchev–Trinajstić information content (AvgIpc) is 3.32. The van der Waals surface area contributed by atoms with Crippen LogP contribution in [0.3, 0.4) is 0 Å². The zero-order chi connectivity index (χ0) is 20.6. The van der Waals surface area contributed by atoms with Crippen molar-refractivity contribution in [1.82, 2.24) is 24.9 Å². The van der Waals surface area contributed by atoms with Crippen molar-refractivity contribution in [2.24, 2.45) is 0 Å². The molecule has 1 aromatic carbocycles. The molecule has 0 spiro atoms. The van der Waals surface area contributed by atoms with Crippen LogP contribution >= 0.6 is 0 Å². The third kappa shape index (κ3) is 3.79. The Balaban J connectivity index is 1.82. The third-order valence-corrected chi connectivity index (χ3v) is 4.02. The number of nitrogens with two attached hydrogens (primary N) is 1. The fourth-order valence-electron chi connectivity index (χ4n) is 2.71. The predicted molar refractivity (Wildman–Crippen MR) is 93.7 cm³/mol. The molecule has 11 heteroatoms. The fourth-order valence-corrected chi connectivity index (χ4v) is 2.71. The molecule has 0 atom stereocenters. The van der Waals surface area contributed by atoms with Gasteiger partial charge in [0.25, 0.3) is 0 Å². The lowest BCUT2D eigenvalue weighted by Crippen LogP contribution is -2.11. The monoisotopic (exact) mass is 404 g/mol. The number of aromatic nitrogens is 5. The first-order valence-electron chi connectivity index (χ1n) is 8.25. The molecular weight excluding hydrogens is 392 g/mol. The lowest BCUT2D eigenvalue weighted by molar-refractivity contribution is -0.141. The molecule has 0 saturated carbocycles. The van der Waals surface area contributed by atoms with Crippen molar-refractivity contribution in [3.05, 3.63) is 65.8 Å². The van der Waals surface area contributed by atoms with E-state index in [1.807, 2.05) is 0 Å². The van der Waals surface area contributed by atoms with Gasteiger partial charge in [0, 0.05) is 17.7 Å². The molecule has 4 rings (SSSR count). The highest BCUT2D eigenvalue weighted by Gasteiger charge is 2.34. The summed E-state index contributed by atoms with van der Waals surface area (Å²) in [6.07, 6.45) is -3.37. The van der Waals surface area contributed by atoms with Crippen LogP contribution in [0.5, 0.6) is 0 Å². The van der Waals surface area contributed by atoms with E-state index >= 15 is 0 Å². The highest BCUT2D eigenvalue weighted by molar-refractivity contribution is 5.63. The van der Waals surface area contributed by atoms with Crippen molar-refractivity contribution in [1.29, 1.82) is 0 Å². The van der Waals surface area contributed by atoms with E-state index in [0.29, 0.717) is 23.0 Å². The Morgan fingerprint density at radius 3 is 2.52 bits per heavy atom. The molecule has 4 aromatic rings. The minimum Gasteiger partial charge on any atom is -0.384 e. The Bertz CT molecular complexity index is 1150. The van der Waals surface area contributed by atoms with Crippen LogP contribution in [0.15, 0.2) is 53.3 Å². The SMILES string of the molecule is Nc1cc(C(F)(F)F)nc(-c2cc(-c3ccon3)n(Cc3ccccc3F)n2)n1. The van der Waals surface area contributed by atoms with Gasteiger partial charge in [-0.25, -0.2) is 14.4 Å². The Morgan fingerprint density at radius 1 is 1.03 bits per heavy atom. The molecule has 0 saturated heterocycles. The second-order valence-electron chi connectivity index (χ2n) is 6.05. The lowest BCUT2D eigenvalue weighted by atomic mass is 10.2. The summed E-state index contributed by atoms with van der Waals surface area (Å²) < 4.78 is 59.5. The van der Waals surface area contributed by atoms with Gasteiger partial charge in [-0.05, 0) is 12.1 Å². The molecule has 0 aliphatic rings. The molecular formula is C18H12F4N6O. The molecule has 7 nitrogen and oxygen atoms in total. The number of anilines is 1. The van der Waals surface area contributed by atoms with E-state index in [9.17, 15) is 17.6 Å². The maximum atomic E-state index is 14.1. The van der Waals surface area contributed by atoms with Gasteiger partial charge >= 0.3 is 6.18 Å². The van der Waals surface area contributed by atoms with Crippen LogP contribution in [0.25, 0.3) is 22.9 Å². The molecule has 3 aromatic heterocycles. The number of halogens is 4. The molecule has 0 radical (unpaired) electrons. The first kappa shape index (κ1) is 18.6. The van der Waals surface area contributed by atoms with E-state index in [1.165, 1.54) is 23.1 Å². The maximum absolute atomic E-state index is 14.1. The summed E-state index contributed by atoms with van der Waals surface area (Å²) in [5.41, 5.74) is 5.43. The second kappa shape index (κ2) is 7.00. The van der Waals surface area contributed by atoms with E-state index in [1.54, 1.807) is 24.3 Å². The van der Waals surface area contributed by atoms with Crippen molar-refractivity contribution >= 4 is 5.82 Å². The van der Waals surface area contributed by atoms with Gasteiger partial charge in [0.05, 0.1) is 12.2 Å². The van der Waals surface area contributed by atoms with Crippen LogP contribution in [0.1, 0.15) is 11.3 Å². The Kier molecular flexibility index (Phi) is 4.49. The quantitative estimate of drug-likeness (QED) is 0.520. The fraction of sp³-hybridized carbons (Fsp3) is 0.111.